The summed E-state index contributed by atoms with van der Waals surface area (Å²) in [5.74, 6) is -0.411. The number of amides is 1. The van der Waals surface area contributed by atoms with E-state index in [1.807, 2.05) is 37.3 Å². The SMILES string of the molecule is CC(Cc1ccccc1)NC(=O)C(O)CN. The fourth-order valence-electron chi connectivity index (χ4n) is 1.46. The number of rotatable bonds is 5. The van der Waals surface area contributed by atoms with E-state index in [0.29, 0.717) is 0 Å². The summed E-state index contributed by atoms with van der Waals surface area (Å²) in [4.78, 5) is 11.3. The molecule has 0 saturated heterocycles. The van der Waals surface area contributed by atoms with Crippen LogP contribution in [0, 0.1) is 0 Å². The minimum atomic E-state index is -1.11. The van der Waals surface area contributed by atoms with Crippen LogP contribution >= 0.6 is 0 Å². The zero-order valence-electron chi connectivity index (χ0n) is 9.39. The van der Waals surface area contributed by atoms with Crippen molar-refractivity contribution >= 4 is 5.91 Å². The first-order chi connectivity index (χ1) is 7.63. The highest BCUT2D eigenvalue weighted by molar-refractivity contribution is 5.80. The minimum Gasteiger partial charge on any atom is -0.382 e. The van der Waals surface area contributed by atoms with E-state index in [-0.39, 0.29) is 12.6 Å². The molecule has 1 aromatic rings. The molecule has 4 N–H and O–H groups in total. The average Bonchev–Trinajstić information content (AvgIpc) is 2.29. The van der Waals surface area contributed by atoms with Crippen molar-refractivity contribution in [1.82, 2.24) is 5.32 Å². The van der Waals surface area contributed by atoms with Gasteiger partial charge in [0.05, 0.1) is 0 Å². The highest BCUT2D eigenvalue weighted by Crippen LogP contribution is 2.02. The molecule has 1 aromatic carbocycles. The molecular weight excluding hydrogens is 204 g/mol. The van der Waals surface area contributed by atoms with E-state index in [2.05, 4.69) is 5.32 Å². The summed E-state index contributed by atoms with van der Waals surface area (Å²) in [7, 11) is 0. The molecule has 88 valence electrons. The Labute approximate surface area is 95.5 Å². The molecule has 4 nitrogen and oxygen atoms in total. The molecule has 0 heterocycles. The van der Waals surface area contributed by atoms with E-state index in [9.17, 15) is 9.90 Å². The molecule has 1 rings (SSSR count). The number of carbonyl (C=O) groups excluding carboxylic acids is 1. The summed E-state index contributed by atoms with van der Waals surface area (Å²) >= 11 is 0. The van der Waals surface area contributed by atoms with Crippen LogP contribution in [0.15, 0.2) is 30.3 Å². The quantitative estimate of drug-likeness (QED) is 0.659. The second-order valence-corrected chi connectivity index (χ2v) is 3.85. The first-order valence-electron chi connectivity index (χ1n) is 5.36. The van der Waals surface area contributed by atoms with Crippen molar-refractivity contribution in [1.29, 1.82) is 0 Å². The molecule has 4 heteroatoms. The Bertz CT molecular complexity index is 327. The van der Waals surface area contributed by atoms with Gasteiger partial charge in [0.25, 0.3) is 0 Å². The second-order valence-electron chi connectivity index (χ2n) is 3.85. The lowest BCUT2D eigenvalue weighted by molar-refractivity contribution is -0.129. The van der Waals surface area contributed by atoms with Gasteiger partial charge in [-0.05, 0) is 18.9 Å². The van der Waals surface area contributed by atoms with Gasteiger partial charge >= 0.3 is 0 Å². The molecule has 0 radical (unpaired) electrons. The third kappa shape index (κ3) is 4.00. The first-order valence-corrected chi connectivity index (χ1v) is 5.36. The van der Waals surface area contributed by atoms with Crippen molar-refractivity contribution in [2.24, 2.45) is 5.73 Å². The number of carbonyl (C=O) groups is 1. The number of benzene rings is 1. The second kappa shape index (κ2) is 6.25. The smallest absolute Gasteiger partial charge is 0.250 e. The summed E-state index contributed by atoms with van der Waals surface area (Å²) in [5.41, 5.74) is 6.34. The maximum atomic E-state index is 11.3. The molecule has 0 aliphatic rings. The Morgan fingerprint density at radius 3 is 2.62 bits per heavy atom. The Kier molecular flexibility index (Phi) is 4.95. The standard InChI is InChI=1S/C12H18N2O2/c1-9(14-12(16)11(15)8-13)7-10-5-3-2-4-6-10/h2-6,9,11,15H,7-8,13H2,1H3,(H,14,16). The van der Waals surface area contributed by atoms with Crippen LogP contribution in [0.3, 0.4) is 0 Å². The van der Waals surface area contributed by atoms with Crippen molar-refractivity contribution in [2.75, 3.05) is 6.54 Å². The maximum Gasteiger partial charge on any atom is 0.250 e. The van der Waals surface area contributed by atoms with Gasteiger partial charge in [-0.2, -0.15) is 0 Å². The first kappa shape index (κ1) is 12.7. The molecule has 16 heavy (non-hydrogen) atoms. The average molecular weight is 222 g/mol. The van der Waals surface area contributed by atoms with Crippen molar-refractivity contribution < 1.29 is 9.90 Å². The number of hydrogen-bond acceptors (Lipinski definition) is 3. The molecular formula is C12H18N2O2. The van der Waals surface area contributed by atoms with Crippen molar-refractivity contribution in [3.05, 3.63) is 35.9 Å². The normalized spacial score (nSPS) is 14.2. The van der Waals surface area contributed by atoms with Crippen LogP contribution in [0.1, 0.15) is 12.5 Å². The van der Waals surface area contributed by atoms with Crippen molar-refractivity contribution in [3.8, 4) is 0 Å². The van der Waals surface area contributed by atoms with Crippen LogP contribution in [-0.2, 0) is 11.2 Å². The predicted octanol–water partition coefficient (Wildman–Crippen LogP) is 0.0534. The van der Waals surface area contributed by atoms with Gasteiger partial charge in [-0.3, -0.25) is 4.79 Å². The van der Waals surface area contributed by atoms with Crippen molar-refractivity contribution in [2.45, 2.75) is 25.5 Å². The van der Waals surface area contributed by atoms with E-state index >= 15 is 0 Å². The van der Waals surface area contributed by atoms with Crippen LogP contribution in [0.2, 0.25) is 0 Å². The molecule has 0 saturated carbocycles. The topological polar surface area (TPSA) is 75.3 Å². The third-order valence-corrected chi connectivity index (χ3v) is 2.30. The molecule has 0 aliphatic heterocycles. The molecule has 0 aliphatic carbocycles. The van der Waals surface area contributed by atoms with Gasteiger partial charge in [0.2, 0.25) is 5.91 Å². The Morgan fingerprint density at radius 1 is 1.44 bits per heavy atom. The number of nitrogens with two attached hydrogens (primary N) is 1. The van der Waals surface area contributed by atoms with E-state index in [4.69, 9.17) is 5.73 Å². The summed E-state index contributed by atoms with van der Waals surface area (Å²) in [5, 5.41) is 11.9. The van der Waals surface area contributed by atoms with Gasteiger partial charge in [0.15, 0.2) is 0 Å². The van der Waals surface area contributed by atoms with E-state index in [1.165, 1.54) is 0 Å². The zero-order valence-corrected chi connectivity index (χ0v) is 9.39. The fraction of sp³-hybridized carbons (Fsp3) is 0.417. The number of aliphatic hydroxyl groups excluding tert-OH is 1. The van der Waals surface area contributed by atoms with Gasteiger partial charge in [-0.15, -0.1) is 0 Å². The Balaban J connectivity index is 2.42. The number of hydrogen-bond donors (Lipinski definition) is 3. The molecule has 0 bridgehead atoms. The van der Waals surface area contributed by atoms with Gasteiger partial charge < -0.3 is 16.2 Å². The maximum absolute atomic E-state index is 11.3. The van der Waals surface area contributed by atoms with Crippen LogP contribution in [0.25, 0.3) is 0 Å². The Hall–Kier alpha value is -1.39. The van der Waals surface area contributed by atoms with Gasteiger partial charge in [-0.25, -0.2) is 0 Å². The summed E-state index contributed by atoms with van der Waals surface area (Å²) < 4.78 is 0. The zero-order chi connectivity index (χ0) is 12.0. The lowest BCUT2D eigenvalue weighted by Crippen LogP contribution is -2.43. The van der Waals surface area contributed by atoms with E-state index < -0.39 is 12.0 Å². The largest absolute Gasteiger partial charge is 0.382 e. The highest BCUT2D eigenvalue weighted by Gasteiger charge is 2.15. The van der Waals surface area contributed by atoms with Gasteiger partial charge in [0, 0.05) is 12.6 Å². The van der Waals surface area contributed by atoms with Crippen LogP contribution in [0.4, 0.5) is 0 Å². The molecule has 2 unspecified atom stereocenters. The Morgan fingerprint density at radius 2 is 2.06 bits per heavy atom. The summed E-state index contributed by atoms with van der Waals surface area (Å²) in [6.45, 7) is 1.85. The fourth-order valence-corrected chi connectivity index (χ4v) is 1.46. The predicted molar refractivity (Wildman–Crippen MR) is 62.8 cm³/mol. The monoisotopic (exact) mass is 222 g/mol. The van der Waals surface area contributed by atoms with Crippen LogP contribution < -0.4 is 11.1 Å². The minimum absolute atomic E-state index is 0.0175. The number of nitrogens with one attached hydrogen (secondary N) is 1. The lowest BCUT2D eigenvalue weighted by atomic mass is 10.1. The molecule has 0 spiro atoms. The van der Waals surface area contributed by atoms with Crippen LogP contribution in [-0.4, -0.2) is 29.7 Å². The lowest BCUT2D eigenvalue weighted by Gasteiger charge is -2.16. The molecule has 0 aromatic heterocycles. The third-order valence-electron chi connectivity index (χ3n) is 2.30. The molecule has 2 atom stereocenters. The van der Waals surface area contributed by atoms with Gasteiger partial charge in [0.1, 0.15) is 6.10 Å². The van der Waals surface area contributed by atoms with E-state index in [1.54, 1.807) is 0 Å². The highest BCUT2D eigenvalue weighted by atomic mass is 16.3. The number of aliphatic hydroxyl groups is 1. The van der Waals surface area contributed by atoms with E-state index in [0.717, 1.165) is 12.0 Å². The molecule has 0 fully saturated rings. The van der Waals surface area contributed by atoms with Crippen LogP contribution in [0.5, 0.6) is 0 Å². The summed E-state index contributed by atoms with van der Waals surface area (Å²) in [6, 6.07) is 9.85. The molecule has 1 amide bonds. The van der Waals surface area contributed by atoms with Gasteiger partial charge in [-0.1, -0.05) is 30.3 Å². The van der Waals surface area contributed by atoms with Crippen molar-refractivity contribution in [3.63, 3.8) is 0 Å². The summed E-state index contributed by atoms with van der Waals surface area (Å²) in [6.07, 6.45) is -0.373.